The first-order valence-electron chi connectivity index (χ1n) is 10.3. The Morgan fingerprint density at radius 2 is 1.36 bits per heavy atom. The maximum absolute atomic E-state index is 13.7. The molecule has 3 aromatic rings. The summed E-state index contributed by atoms with van der Waals surface area (Å²) in [6.45, 7) is 0.242. The second kappa shape index (κ2) is 8.71. The van der Waals surface area contributed by atoms with Crippen molar-refractivity contribution in [2.45, 2.75) is 18.3 Å². The quantitative estimate of drug-likeness (QED) is 0.556. The third-order valence-corrected chi connectivity index (χ3v) is 5.64. The zero-order chi connectivity index (χ0) is 23.6. The van der Waals surface area contributed by atoms with Crippen molar-refractivity contribution in [3.05, 3.63) is 107 Å². The summed E-state index contributed by atoms with van der Waals surface area (Å²) in [5, 5.41) is 2.88. The molecule has 170 valence electrons. The first-order valence-corrected chi connectivity index (χ1v) is 10.3. The molecule has 3 aromatic carbocycles. The summed E-state index contributed by atoms with van der Waals surface area (Å²) in [5.74, 6) is -0.413. The lowest BCUT2D eigenvalue weighted by Gasteiger charge is -2.28. The highest BCUT2D eigenvalue weighted by molar-refractivity contribution is 6.09. The molecule has 1 saturated heterocycles. The maximum atomic E-state index is 13.7. The molecule has 0 aromatic heterocycles. The Kier molecular flexibility index (Phi) is 5.95. The monoisotopic (exact) mass is 453 g/mol. The van der Waals surface area contributed by atoms with Gasteiger partial charge in [0.15, 0.2) is 5.54 Å². The van der Waals surface area contributed by atoms with Crippen LogP contribution < -0.4 is 5.32 Å². The number of amides is 3. The van der Waals surface area contributed by atoms with E-state index in [9.17, 15) is 22.8 Å². The molecular weight excluding hydrogens is 431 g/mol. The average molecular weight is 453 g/mol. The SMILES string of the molecule is CN(Cc1ccc(C(F)(F)F)cc1)CN1C(=O)NC(c2ccccc2)(c2ccccc2)C1=O. The van der Waals surface area contributed by atoms with Gasteiger partial charge in [0.25, 0.3) is 5.91 Å². The number of alkyl halides is 3. The molecule has 0 radical (unpaired) electrons. The van der Waals surface area contributed by atoms with Crippen molar-refractivity contribution in [3.8, 4) is 0 Å². The van der Waals surface area contributed by atoms with Gasteiger partial charge in [0.2, 0.25) is 0 Å². The van der Waals surface area contributed by atoms with Gasteiger partial charge >= 0.3 is 12.2 Å². The molecule has 8 heteroatoms. The lowest BCUT2D eigenvalue weighted by atomic mass is 9.83. The van der Waals surface area contributed by atoms with Crippen molar-refractivity contribution < 1.29 is 22.8 Å². The zero-order valence-corrected chi connectivity index (χ0v) is 17.8. The van der Waals surface area contributed by atoms with E-state index in [2.05, 4.69) is 5.32 Å². The highest BCUT2D eigenvalue weighted by Gasteiger charge is 2.53. The topological polar surface area (TPSA) is 52.6 Å². The molecule has 1 N–H and O–H groups in total. The van der Waals surface area contributed by atoms with Crippen LogP contribution in [0, 0.1) is 0 Å². The number of nitrogens with one attached hydrogen (secondary N) is 1. The molecule has 1 fully saturated rings. The molecule has 1 heterocycles. The lowest BCUT2D eigenvalue weighted by molar-refractivity contribution is -0.137. The van der Waals surface area contributed by atoms with Crippen LogP contribution in [-0.4, -0.2) is 35.5 Å². The third-order valence-electron chi connectivity index (χ3n) is 5.64. The van der Waals surface area contributed by atoms with Gasteiger partial charge in [-0.25, -0.2) is 9.69 Å². The number of halogens is 3. The minimum Gasteiger partial charge on any atom is -0.315 e. The van der Waals surface area contributed by atoms with Crippen LogP contribution in [0.5, 0.6) is 0 Å². The Morgan fingerprint density at radius 3 is 1.85 bits per heavy atom. The van der Waals surface area contributed by atoms with E-state index in [0.717, 1.165) is 17.0 Å². The number of rotatable bonds is 6. The van der Waals surface area contributed by atoms with Crippen LogP contribution in [-0.2, 0) is 23.1 Å². The molecule has 5 nitrogen and oxygen atoms in total. The summed E-state index contributed by atoms with van der Waals surface area (Å²) in [5.41, 5.74) is -0.159. The van der Waals surface area contributed by atoms with Gasteiger partial charge in [-0.2, -0.15) is 13.2 Å². The zero-order valence-electron chi connectivity index (χ0n) is 17.8. The standard InChI is InChI=1S/C25H22F3N3O2/c1-30(16-18-12-14-21(15-13-18)25(26,27)28)17-31-22(32)24(29-23(31)33,19-8-4-2-5-9-19)20-10-6-3-7-11-20/h2-15H,16-17H2,1H3,(H,29,33). The summed E-state index contributed by atoms with van der Waals surface area (Å²) in [4.78, 5) is 29.4. The molecule has 3 amide bonds. The van der Waals surface area contributed by atoms with E-state index in [0.29, 0.717) is 16.7 Å². The van der Waals surface area contributed by atoms with Gasteiger partial charge in [-0.3, -0.25) is 9.69 Å². The number of hydrogen-bond acceptors (Lipinski definition) is 3. The first-order chi connectivity index (χ1) is 15.7. The summed E-state index contributed by atoms with van der Waals surface area (Å²) >= 11 is 0. The predicted molar refractivity (Wildman–Crippen MR) is 117 cm³/mol. The molecule has 0 aliphatic carbocycles. The Morgan fingerprint density at radius 1 is 0.848 bits per heavy atom. The van der Waals surface area contributed by atoms with Gasteiger partial charge in [0.1, 0.15) is 0 Å². The number of imide groups is 1. The van der Waals surface area contributed by atoms with E-state index >= 15 is 0 Å². The van der Waals surface area contributed by atoms with E-state index in [1.165, 1.54) is 12.1 Å². The van der Waals surface area contributed by atoms with Gasteiger partial charge in [-0.05, 0) is 35.9 Å². The minimum absolute atomic E-state index is 0.0207. The highest BCUT2D eigenvalue weighted by atomic mass is 19.4. The van der Waals surface area contributed by atoms with Crippen LogP contribution in [0.3, 0.4) is 0 Å². The van der Waals surface area contributed by atoms with Crippen molar-refractivity contribution in [2.24, 2.45) is 0 Å². The van der Waals surface area contributed by atoms with Crippen molar-refractivity contribution >= 4 is 11.9 Å². The first kappa shape index (κ1) is 22.5. The Balaban J connectivity index is 1.57. The molecule has 1 aliphatic rings. The minimum atomic E-state index is -4.40. The van der Waals surface area contributed by atoms with E-state index in [1.54, 1.807) is 60.5 Å². The van der Waals surface area contributed by atoms with Crippen LogP contribution >= 0.6 is 0 Å². The molecule has 0 bridgehead atoms. The van der Waals surface area contributed by atoms with Crippen molar-refractivity contribution in [1.82, 2.24) is 15.1 Å². The molecule has 1 aliphatic heterocycles. The van der Waals surface area contributed by atoms with Gasteiger partial charge < -0.3 is 5.32 Å². The lowest BCUT2D eigenvalue weighted by Crippen LogP contribution is -2.46. The van der Waals surface area contributed by atoms with Crippen LogP contribution in [0.25, 0.3) is 0 Å². The highest BCUT2D eigenvalue weighted by Crippen LogP contribution is 2.36. The number of benzene rings is 3. The molecule has 0 spiro atoms. The Bertz CT molecular complexity index is 1090. The number of nitrogens with zero attached hydrogens (tertiary/aromatic N) is 2. The van der Waals surface area contributed by atoms with E-state index < -0.39 is 29.2 Å². The fraction of sp³-hybridized carbons (Fsp3) is 0.200. The summed E-state index contributed by atoms with van der Waals surface area (Å²) in [6.07, 6.45) is -4.40. The molecule has 4 rings (SSSR count). The fourth-order valence-electron chi connectivity index (χ4n) is 4.04. The molecular formula is C25H22F3N3O2. The fourth-order valence-corrected chi connectivity index (χ4v) is 4.04. The van der Waals surface area contributed by atoms with Gasteiger partial charge in [0, 0.05) is 6.54 Å². The largest absolute Gasteiger partial charge is 0.416 e. The second-order valence-electron chi connectivity index (χ2n) is 8.00. The van der Waals surface area contributed by atoms with Crippen LogP contribution in [0.15, 0.2) is 84.9 Å². The molecule has 0 unspecified atom stereocenters. The van der Waals surface area contributed by atoms with Crippen molar-refractivity contribution in [3.63, 3.8) is 0 Å². The molecule has 0 saturated carbocycles. The molecule has 0 atom stereocenters. The maximum Gasteiger partial charge on any atom is 0.416 e. The summed E-state index contributed by atoms with van der Waals surface area (Å²) < 4.78 is 38.4. The summed E-state index contributed by atoms with van der Waals surface area (Å²) in [6, 6.07) is 22.3. The number of carbonyl (C=O) groups is 2. The smallest absolute Gasteiger partial charge is 0.315 e. The van der Waals surface area contributed by atoms with Crippen molar-refractivity contribution in [2.75, 3.05) is 13.7 Å². The average Bonchev–Trinajstić information content (AvgIpc) is 3.05. The number of hydrogen-bond donors (Lipinski definition) is 1. The predicted octanol–water partition coefficient (Wildman–Crippen LogP) is 4.59. The van der Waals surface area contributed by atoms with Crippen LogP contribution in [0.4, 0.5) is 18.0 Å². The summed E-state index contributed by atoms with van der Waals surface area (Å²) in [7, 11) is 1.70. The Labute approximate surface area is 189 Å². The van der Waals surface area contributed by atoms with Crippen LogP contribution in [0.1, 0.15) is 22.3 Å². The van der Waals surface area contributed by atoms with Gasteiger partial charge in [0.05, 0.1) is 12.2 Å². The van der Waals surface area contributed by atoms with E-state index in [-0.39, 0.29) is 13.2 Å². The van der Waals surface area contributed by atoms with E-state index in [1.807, 2.05) is 12.1 Å². The molecule has 33 heavy (non-hydrogen) atoms. The second-order valence-corrected chi connectivity index (χ2v) is 8.00. The van der Waals surface area contributed by atoms with Gasteiger partial charge in [-0.1, -0.05) is 72.8 Å². The van der Waals surface area contributed by atoms with Gasteiger partial charge in [-0.15, -0.1) is 0 Å². The van der Waals surface area contributed by atoms with E-state index in [4.69, 9.17) is 0 Å². The Hall–Kier alpha value is -3.65. The number of urea groups is 1. The third kappa shape index (κ3) is 4.34. The number of carbonyl (C=O) groups excluding carboxylic acids is 2. The van der Waals surface area contributed by atoms with Crippen molar-refractivity contribution in [1.29, 1.82) is 0 Å². The normalized spacial score (nSPS) is 15.7. The van der Waals surface area contributed by atoms with Crippen LogP contribution in [0.2, 0.25) is 0 Å².